The average Bonchev–Trinajstić information content (AvgIpc) is 3.10. The lowest BCUT2D eigenvalue weighted by Gasteiger charge is -2.09. The number of alkyl halides is 3. The van der Waals surface area contributed by atoms with E-state index in [1.807, 2.05) is 31.2 Å². The largest absolute Gasteiger partial charge is 0.573 e. The van der Waals surface area contributed by atoms with Gasteiger partial charge < -0.3 is 19.2 Å². The van der Waals surface area contributed by atoms with Crippen LogP contribution in [-0.2, 0) is 6.61 Å². The van der Waals surface area contributed by atoms with Crippen LogP contribution in [0, 0.1) is 6.92 Å². The Morgan fingerprint density at radius 1 is 1.04 bits per heavy atom. The summed E-state index contributed by atoms with van der Waals surface area (Å²) in [7, 11) is 0. The number of carbonyl (C=O) groups excluding carboxylic acids is 1. The third kappa shape index (κ3) is 5.54. The summed E-state index contributed by atoms with van der Waals surface area (Å²) in [6.07, 6.45) is -4.77. The van der Waals surface area contributed by atoms with E-state index in [9.17, 15) is 18.0 Å². The number of rotatable bonds is 6. The van der Waals surface area contributed by atoms with Crippen molar-refractivity contribution in [3.05, 3.63) is 77.7 Å². The monoisotopic (exact) mass is 391 g/mol. The van der Waals surface area contributed by atoms with Crippen molar-refractivity contribution < 1.29 is 31.9 Å². The molecule has 0 aliphatic rings. The molecule has 0 fully saturated rings. The number of furan rings is 1. The Morgan fingerprint density at radius 2 is 1.79 bits per heavy atom. The Hall–Kier alpha value is -3.42. The van der Waals surface area contributed by atoms with Crippen LogP contribution in [0.3, 0.4) is 0 Å². The van der Waals surface area contributed by atoms with E-state index in [1.165, 1.54) is 18.2 Å². The molecule has 3 aromatic rings. The summed E-state index contributed by atoms with van der Waals surface area (Å²) in [5.41, 5.74) is 1.36. The first-order chi connectivity index (χ1) is 13.3. The Kier molecular flexibility index (Phi) is 5.58. The van der Waals surface area contributed by atoms with Crippen molar-refractivity contribution in [3.63, 3.8) is 0 Å². The molecule has 1 N–H and O–H groups in total. The molecule has 0 unspecified atom stereocenters. The standard InChI is InChI=1S/C20H16F3NO4/c1-13-3-2-4-16(11-13)26-12-17-9-10-18(27-17)19(25)24-14-5-7-15(8-6-14)28-20(21,22)23/h2-11H,12H2,1H3,(H,24,25). The van der Waals surface area contributed by atoms with Crippen molar-refractivity contribution in [2.45, 2.75) is 19.9 Å². The van der Waals surface area contributed by atoms with Crippen molar-refractivity contribution in [1.29, 1.82) is 0 Å². The second kappa shape index (κ2) is 8.08. The predicted molar refractivity (Wildman–Crippen MR) is 95.3 cm³/mol. The summed E-state index contributed by atoms with van der Waals surface area (Å²) in [6.45, 7) is 2.10. The van der Waals surface area contributed by atoms with Gasteiger partial charge in [0, 0.05) is 5.69 Å². The molecule has 1 aromatic heterocycles. The maximum atomic E-state index is 12.2. The van der Waals surface area contributed by atoms with Crippen LogP contribution in [0.4, 0.5) is 18.9 Å². The number of hydrogen-bond acceptors (Lipinski definition) is 4. The van der Waals surface area contributed by atoms with Gasteiger partial charge in [0.2, 0.25) is 0 Å². The van der Waals surface area contributed by atoms with Crippen molar-refractivity contribution in [2.24, 2.45) is 0 Å². The first kappa shape index (κ1) is 19.3. The SMILES string of the molecule is Cc1cccc(OCc2ccc(C(=O)Nc3ccc(OC(F)(F)F)cc3)o2)c1. The number of halogens is 3. The number of benzene rings is 2. The maximum Gasteiger partial charge on any atom is 0.573 e. The van der Waals surface area contributed by atoms with Crippen molar-refractivity contribution >= 4 is 11.6 Å². The molecule has 1 amide bonds. The predicted octanol–water partition coefficient (Wildman–Crippen LogP) is 5.32. The molecule has 8 heteroatoms. The lowest BCUT2D eigenvalue weighted by Crippen LogP contribution is -2.17. The molecule has 0 saturated carbocycles. The van der Waals surface area contributed by atoms with Crippen molar-refractivity contribution in [1.82, 2.24) is 0 Å². The third-order valence-corrected chi connectivity index (χ3v) is 3.60. The first-order valence-corrected chi connectivity index (χ1v) is 8.24. The van der Waals surface area contributed by atoms with Crippen molar-refractivity contribution in [2.75, 3.05) is 5.32 Å². The van der Waals surface area contributed by atoms with Crippen LogP contribution in [0.15, 0.2) is 65.1 Å². The Labute approximate surface area is 158 Å². The van der Waals surface area contributed by atoms with Crippen LogP contribution in [-0.4, -0.2) is 12.3 Å². The topological polar surface area (TPSA) is 60.7 Å². The fourth-order valence-corrected chi connectivity index (χ4v) is 2.37. The first-order valence-electron chi connectivity index (χ1n) is 8.24. The van der Waals surface area contributed by atoms with Gasteiger partial charge >= 0.3 is 6.36 Å². The van der Waals surface area contributed by atoms with E-state index in [0.717, 1.165) is 17.7 Å². The molecule has 28 heavy (non-hydrogen) atoms. The van der Waals surface area contributed by atoms with Crippen LogP contribution >= 0.6 is 0 Å². The second-order valence-corrected chi connectivity index (χ2v) is 5.90. The maximum absolute atomic E-state index is 12.2. The molecule has 3 rings (SSSR count). The van der Waals surface area contributed by atoms with Crippen LogP contribution in [0.25, 0.3) is 0 Å². The fourth-order valence-electron chi connectivity index (χ4n) is 2.37. The molecule has 0 radical (unpaired) electrons. The van der Waals surface area contributed by atoms with E-state index in [0.29, 0.717) is 17.2 Å². The normalized spacial score (nSPS) is 11.1. The highest BCUT2D eigenvalue weighted by Gasteiger charge is 2.31. The summed E-state index contributed by atoms with van der Waals surface area (Å²) < 4.78 is 51.3. The Balaban J connectivity index is 1.56. The summed E-state index contributed by atoms with van der Waals surface area (Å²) in [6, 6.07) is 15.4. The zero-order valence-electron chi connectivity index (χ0n) is 14.7. The van der Waals surface area contributed by atoms with Crippen LogP contribution < -0.4 is 14.8 Å². The Bertz CT molecular complexity index is 949. The molecular weight excluding hydrogens is 375 g/mol. The number of nitrogens with one attached hydrogen (secondary N) is 1. The smallest absolute Gasteiger partial charge is 0.486 e. The molecule has 5 nitrogen and oxygen atoms in total. The number of amides is 1. The molecule has 2 aromatic carbocycles. The molecule has 0 saturated heterocycles. The number of hydrogen-bond donors (Lipinski definition) is 1. The van der Waals surface area contributed by atoms with Gasteiger partial charge in [-0.25, -0.2) is 0 Å². The zero-order chi connectivity index (χ0) is 20.1. The van der Waals surface area contributed by atoms with E-state index in [4.69, 9.17) is 9.15 Å². The highest BCUT2D eigenvalue weighted by atomic mass is 19.4. The molecule has 0 atom stereocenters. The Morgan fingerprint density at radius 3 is 2.46 bits per heavy atom. The summed E-state index contributed by atoms with van der Waals surface area (Å²) >= 11 is 0. The highest BCUT2D eigenvalue weighted by molar-refractivity contribution is 6.02. The van der Waals surface area contributed by atoms with Gasteiger partial charge in [-0.1, -0.05) is 12.1 Å². The second-order valence-electron chi connectivity index (χ2n) is 5.90. The van der Waals surface area contributed by atoms with Gasteiger partial charge in [-0.15, -0.1) is 13.2 Å². The minimum Gasteiger partial charge on any atom is -0.486 e. The van der Waals surface area contributed by atoms with Gasteiger partial charge in [-0.05, 0) is 61.0 Å². The van der Waals surface area contributed by atoms with Crippen LogP contribution in [0.5, 0.6) is 11.5 Å². The average molecular weight is 391 g/mol. The number of aryl methyl sites for hydroxylation is 1. The van der Waals surface area contributed by atoms with Gasteiger partial charge in [0.15, 0.2) is 5.76 Å². The minimum absolute atomic E-state index is 0.0541. The number of anilines is 1. The fraction of sp³-hybridized carbons (Fsp3) is 0.150. The lowest BCUT2D eigenvalue weighted by atomic mass is 10.2. The molecule has 0 bridgehead atoms. The van der Waals surface area contributed by atoms with E-state index >= 15 is 0 Å². The molecule has 0 aliphatic heterocycles. The highest BCUT2D eigenvalue weighted by Crippen LogP contribution is 2.24. The number of ether oxygens (including phenoxy) is 2. The molecule has 0 aliphatic carbocycles. The summed E-state index contributed by atoms with van der Waals surface area (Å²) in [4.78, 5) is 12.2. The molecule has 0 spiro atoms. The quantitative estimate of drug-likeness (QED) is 0.618. The summed E-state index contributed by atoms with van der Waals surface area (Å²) in [5.74, 6) is 0.285. The van der Waals surface area contributed by atoms with E-state index in [2.05, 4.69) is 10.1 Å². The van der Waals surface area contributed by atoms with Gasteiger partial charge in [0.1, 0.15) is 23.9 Å². The zero-order valence-corrected chi connectivity index (χ0v) is 14.7. The molecule has 146 valence electrons. The number of carbonyl (C=O) groups is 1. The van der Waals surface area contributed by atoms with Gasteiger partial charge in [0.25, 0.3) is 5.91 Å². The van der Waals surface area contributed by atoms with E-state index in [-0.39, 0.29) is 18.1 Å². The van der Waals surface area contributed by atoms with E-state index < -0.39 is 12.3 Å². The summed E-state index contributed by atoms with van der Waals surface area (Å²) in [5, 5.41) is 2.53. The van der Waals surface area contributed by atoms with E-state index in [1.54, 1.807) is 6.07 Å². The third-order valence-electron chi connectivity index (χ3n) is 3.60. The van der Waals surface area contributed by atoms with Crippen molar-refractivity contribution in [3.8, 4) is 11.5 Å². The van der Waals surface area contributed by atoms with Gasteiger partial charge in [-0.3, -0.25) is 4.79 Å². The lowest BCUT2D eigenvalue weighted by molar-refractivity contribution is -0.274. The van der Waals surface area contributed by atoms with Crippen LogP contribution in [0.1, 0.15) is 21.9 Å². The molecule has 1 heterocycles. The van der Waals surface area contributed by atoms with Gasteiger partial charge in [0.05, 0.1) is 0 Å². The minimum atomic E-state index is -4.77. The van der Waals surface area contributed by atoms with Crippen LogP contribution in [0.2, 0.25) is 0 Å². The molecular formula is C20H16F3NO4. The van der Waals surface area contributed by atoms with Gasteiger partial charge in [-0.2, -0.15) is 0 Å².